The highest BCUT2D eigenvalue weighted by Crippen LogP contribution is 2.34. The maximum absolute atomic E-state index is 12.7. The van der Waals surface area contributed by atoms with Gasteiger partial charge in [-0.25, -0.2) is 0 Å². The van der Waals surface area contributed by atoms with E-state index in [1.165, 1.54) is 11.3 Å². The summed E-state index contributed by atoms with van der Waals surface area (Å²) >= 11 is 1.87. The van der Waals surface area contributed by atoms with Crippen molar-refractivity contribution in [3.63, 3.8) is 0 Å². The number of nitrogens with one attached hydrogen (secondary N) is 1. The Labute approximate surface area is 129 Å². The number of hydrogen-bond acceptors (Lipinski definition) is 4. The number of carbonyl (C=O) groups excluding carboxylic acids is 1. The van der Waals surface area contributed by atoms with E-state index in [0.717, 1.165) is 19.5 Å². The molecule has 2 aliphatic rings. The van der Waals surface area contributed by atoms with Crippen LogP contribution in [0, 0.1) is 5.92 Å². The second-order valence-electron chi connectivity index (χ2n) is 5.70. The smallest absolute Gasteiger partial charge is 0.255 e. The molecule has 0 aromatic heterocycles. The number of hydrogen-bond donors (Lipinski definition) is 2. The van der Waals surface area contributed by atoms with Crippen LogP contribution in [0.3, 0.4) is 0 Å². The van der Waals surface area contributed by atoms with E-state index in [1.807, 2.05) is 34.9 Å². The Kier molecular flexibility index (Phi) is 4.10. The Morgan fingerprint density at radius 1 is 1.43 bits per heavy atom. The first-order chi connectivity index (χ1) is 10.1. The molecule has 1 aromatic rings. The van der Waals surface area contributed by atoms with Gasteiger partial charge >= 0.3 is 0 Å². The van der Waals surface area contributed by atoms with E-state index in [4.69, 9.17) is 5.73 Å². The van der Waals surface area contributed by atoms with Crippen molar-refractivity contribution in [1.29, 1.82) is 0 Å². The number of piperidine rings is 1. The molecule has 1 saturated heterocycles. The van der Waals surface area contributed by atoms with Gasteiger partial charge in [-0.1, -0.05) is 12.1 Å². The lowest BCUT2D eigenvalue weighted by molar-refractivity contribution is 0.0670. The van der Waals surface area contributed by atoms with Crippen LogP contribution in [0.25, 0.3) is 0 Å². The summed E-state index contributed by atoms with van der Waals surface area (Å²) in [5, 5.41) is 3.82. The van der Waals surface area contributed by atoms with Crippen LogP contribution < -0.4 is 11.1 Å². The van der Waals surface area contributed by atoms with Crippen molar-refractivity contribution in [3.8, 4) is 0 Å². The van der Waals surface area contributed by atoms with E-state index in [2.05, 4.69) is 18.4 Å². The number of nitrogens with two attached hydrogens (primary N) is 1. The van der Waals surface area contributed by atoms with E-state index in [1.54, 1.807) is 6.07 Å². The molecule has 1 aromatic carbocycles. The van der Waals surface area contributed by atoms with Gasteiger partial charge in [0.05, 0.1) is 10.9 Å². The van der Waals surface area contributed by atoms with Crippen LogP contribution in [0.4, 0.5) is 5.69 Å². The fraction of sp³-hybridized carbons (Fsp3) is 0.438. The number of carbonyl (C=O) groups is 1. The van der Waals surface area contributed by atoms with E-state index in [0.29, 0.717) is 22.5 Å². The molecule has 112 valence electrons. The number of amides is 1. The van der Waals surface area contributed by atoms with E-state index in [-0.39, 0.29) is 5.91 Å². The monoisotopic (exact) mass is 303 g/mol. The molecule has 2 aliphatic heterocycles. The van der Waals surface area contributed by atoms with E-state index in [9.17, 15) is 4.79 Å². The summed E-state index contributed by atoms with van der Waals surface area (Å²) in [6, 6.07) is 7.33. The third-order valence-corrected chi connectivity index (χ3v) is 5.39. The zero-order valence-electron chi connectivity index (χ0n) is 12.2. The van der Waals surface area contributed by atoms with Gasteiger partial charge in [-0.05, 0) is 36.8 Å². The van der Waals surface area contributed by atoms with Gasteiger partial charge < -0.3 is 16.0 Å². The highest BCUT2D eigenvalue weighted by Gasteiger charge is 2.32. The van der Waals surface area contributed by atoms with E-state index >= 15 is 0 Å². The number of benzene rings is 1. The molecular weight excluding hydrogens is 282 g/mol. The third-order valence-electron chi connectivity index (χ3n) is 4.13. The predicted molar refractivity (Wildman–Crippen MR) is 87.8 cm³/mol. The molecule has 4 nitrogen and oxygen atoms in total. The molecule has 2 heterocycles. The number of nitrogens with zero attached hydrogens (tertiary/aromatic N) is 1. The van der Waals surface area contributed by atoms with Crippen molar-refractivity contribution < 1.29 is 4.79 Å². The van der Waals surface area contributed by atoms with Gasteiger partial charge in [0.2, 0.25) is 0 Å². The molecule has 1 fully saturated rings. The zero-order valence-corrected chi connectivity index (χ0v) is 13.0. The minimum absolute atomic E-state index is 0.0606. The highest BCUT2D eigenvalue weighted by molar-refractivity contribution is 8.03. The lowest BCUT2D eigenvalue weighted by atomic mass is 9.97. The van der Waals surface area contributed by atoms with Gasteiger partial charge in [0.1, 0.15) is 0 Å². The first kappa shape index (κ1) is 14.3. The summed E-state index contributed by atoms with van der Waals surface area (Å²) in [5.41, 5.74) is 7.12. The zero-order chi connectivity index (χ0) is 14.8. The van der Waals surface area contributed by atoms with Crippen LogP contribution in [0.2, 0.25) is 0 Å². The fourth-order valence-electron chi connectivity index (χ4n) is 3.00. The first-order valence-electron chi connectivity index (χ1n) is 7.38. The number of anilines is 1. The topological polar surface area (TPSA) is 58.4 Å². The molecule has 0 saturated carbocycles. The summed E-state index contributed by atoms with van der Waals surface area (Å²) < 4.78 is 0. The van der Waals surface area contributed by atoms with Gasteiger partial charge in [-0.15, -0.1) is 11.8 Å². The SMILES string of the molecule is CC1=CNC(C2CCCN(C(=O)c3ccccc3N)C2)S1. The minimum atomic E-state index is 0.0606. The van der Waals surface area contributed by atoms with Gasteiger partial charge in [0, 0.05) is 30.9 Å². The molecule has 0 radical (unpaired) electrons. The summed E-state index contributed by atoms with van der Waals surface area (Å²) in [6.07, 6.45) is 4.30. The summed E-state index contributed by atoms with van der Waals surface area (Å²) in [6.45, 7) is 3.75. The van der Waals surface area contributed by atoms with Crippen LogP contribution in [0.15, 0.2) is 35.4 Å². The van der Waals surface area contributed by atoms with Crippen LogP contribution >= 0.6 is 11.8 Å². The van der Waals surface area contributed by atoms with E-state index < -0.39 is 0 Å². The van der Waals surface area contributed by atoms with Crippen LogP contribution in [0.5, 0.6) is 0 Å². The number of rotatable bonds is 2. The largest absolute Gasteiger partial charge is 0.398 e. The average molecular weight is 303 g/mol. The van der Waals surface area contributed by atoms with Gasteiger partial charge in [-0.3, -0.25) is 4.79 Å². The summed E-state index contributed by atoms with van der Waals surface area (Å²) in [5.74, 6) is 0.553. The maximum atomic E-state index is 12.7. The van der Waals surface area contributed by atoms with Crippen LogP contribution in [-0.2, 0) is 0 Å². The second kappa shape index (κ2) is 6.02. The summed E-state index contributed by atoms with van der Waals surface area (Å²) in [4.78, 5) is 15.9. The molecule has 3 rings (SSSR count). The van der Waals surface area contributed by atoms with Crippen molar-refractivity contribution in [1.82, 2.24) is 10.2 Å². The number of nitrogen functional groups attached to an aromatic ring is 1. The Morgan fingerprint density at radius 2 is 2.24 bits per heavy atom. The molecule has 21 heavy (non-hydrogen) atoms. The van der Waals surface area contributed by atoms with Crippen molar-refractivity contribution in [2.45, 2.75) is 25.1 Å². The quantitative estimate of drug-likeness (QED) is 0.825. The molecule has 0 aliphatic carbocycles. The normalized spacial score (nSPS) is 25.4. The van der Waals surface area contributed by atoms with Crippen LogP contribution in [-0.4, -0.2) is 29.3 Å². The number of thioether (sulfide) groups is 1. The lowest BCUT2D eigenvalue weighted by Gasteiger charge is -2.35. The number of likely N-dealkylation sites (tertiary alicyclic amines) is 1. The standard InChI is InChI=1S/C16H21N3OS/c1-11-9-18-15(21-11)12-5-4-8-19(10-12)16(20)13-6-2-3-7-14(13)17/h2-3,6-7,9,12,15,18H,4-5,8,10,17H2,1H3. The number of para-hydroxylation sites is 1. The lowest BCUT2D eigenvalue weighted by Crippen LogP contribution is -2.45. The predicted octanol–water partition coefficient (Wildman–Crippen LogP) is 2.64. The first-order valence-corrected chi connectivity index (χ1v) is 8.26. The number of allylic oxidation sites excluding steroid dienone is 1. The fourth-order valence-corrected chi connectivity index (χ4v) is 4.09. The molecule has 2 unspecified atom stereocenters. The van der Waals surface area contributed by atoms with Gasteiger partial charge in [-0.2, -0.15) is 0 Å². The molecule has 2 atom stereocenters. The van der Waals surface area contributed by atoms with Gasteiger partial charge in [0.25, 0.3) is 5.91 Å². The summed E-state index contributed by atoms with van der Waals surface area (Å²) in [7, 11) is 0. The van der Waals surface area contributed by atoms with Crippen molar-refractivity contribution in [2.75, 3.05) is 18.8 Å². The Hall–Kier alpha value is -1.62. The Morgan fingerprint density at radius 3 is 2.95 bits per heavy atom. The molecule has 0 spiro atoms. The second-order valence-corrected chi connectivity index (χ2v) is 7.09. The van der Waals surface area contributed by atoms with Crippen molar-refractivity contribution in [3.05, 3.63) is 40.9 Å². The molecule has 0 bridgehead atoms. The Balaban J connectivity index is 1.69. The Bertz CT molecular complexity index is 572. The molecule has 5 heteroatoms. The highest BCUT2D eigenvalue weighted by atomic mass is 32.2. The molecular formula is C16H21N3OS. The average Bonchev–Trinajstić information content (AvgIpc) is 2.94. The third kappa shape index (κ3) is 3.02. The maximum Gasteiger partial charge on any atom is 0.255 e. The van der Waals surface area contributed by atoms with Crippen molar-refractivity contribution in [2.24, 2.45) is 5.92 Å². The van der Waals surface area contributed by atoms with Crippen LogP contribution in [0.1, 0.15) is 30.1 Å². The molecule has 1 amide bonds. The van der Waals surface area contributed by atoms with Gasteiger partial charge in [0.15, 0.2) is 0 Å². The molecule has 3 N–H and O–H groups in total. The van der Waals surface area contributed by atoms with Crippen molar-refractivity contribution >= 4 is 23.4 Å². The minimum Gasteiger partial charge on any atom is -0.398 e.